The second-order valence-electron chi connectivity index (χ2n) is 2.55. The van der Waals surface area contributed by atoms with Crippen LogP contribution in [0.4, 0.5) is 0 Å². The molecule has 0 spiro atoms. The first kappa shape index (κ1) is 8.48. The predicted octanol–water partition coefficient (Wildman–Crippen LogP) is -0.881. The van der Waals surface area contributed by atoms with E-state index in [2.05, 4.69) is 4.72 Å². The average molecular weight is 178 g/mol. The van der Waals surface area contributed by atoms with Crippen molar-refractivity contribution in [2.24, 2.45) is 0 Å². The summed E-state index contributed by atoms with van der Waals surface area (Å²) in [6.07, 6.45) is 1.72. The van der Waals surface area contributed by atoms with Crippen molar-refractivity contribution in [3.63, 3.8) is 0 Å². The van der Waals surface area contributed by atoms with E-state index in [4.69, 9.17) is 0 Å². The Kier molecular flexibility index (Phi) is 2.15. The highest BCUT2D eigenvalue weighted by molar-refractivity contribution is 7.88. The van der Waals surface area contributed by atoms with Crippen molar-refractivity contribution < 1.29 is 13.2 Å². The van der Waals surface area contributed by atoms with Gasteiger partial charge in [0.15, 0.2) is 0 Å². The average Bonchev–Trinajstić information content (AvgIpc) is 2.43. The number of carbonyl (C=O) groups is 1. The summed E-state index contributed by atoms with van der Waals surface area (Å²) in [6.45, 7) is 1.16. The maximum atomic E-state index is 10.8. The van der Waals surface area contributed by atoms with Gasteiger partial charge >= 0.3 is 10.2 Å². The zero-order chi connectivity index (χ0) is 8.48. The Bertz CT molecular complexity index is 255. The molecule has 1 aliphatic rings. The van der Waals surface area contributed by atoms with E-state index >= 15 is 0 Å². The van der Waals surface area contributed by atoms with Crippen LogP contribution < -0.4 is 9.44 Å². The lowest BCUT2D eigenvalue weighted by atomic mass is 10.8. The van der Waals surface area contributed by atoms with E-state index in [0.717, 1.165) is 19.8 Å². The van der Waals surface area contributed by atoms with Crippen LogP contribution in [0.5, 0.6) is 0 Å². The molecule has 2 N–H and O–H groups in total. The molecular weight excluding hydrogens is 168 g/mol. The molecule has 1 aliphatic carbocycles. The molecule has 0 bridgehead atoms. The van der Waals surface area contributed by atoms with E-state index in [1.165, 1.54) is 0 Å². The smallest absolute Gasteiger partial charge is 0.274 e. The molecule has 11 heavy (non-hydrogen) atoms. The molecule has 0 aromatic carbocycles. The fourth-order valence-electron chi connectivity index (χ4n) is 0.639. The fraction of sp³-hybridized carbons (Fsp3) is 0.800. The first-order valence-corrected chi connectivity index (χ1v) is 4.78. The van der Waals surface area contributed by atoms with Crippen LogP contribution >= 0.6 is 0 Å². The van der Waals surface area contributed by atoms with E-state index < -0.39 is 16.1 Å². The zero-order valence-electron chi connectivity index (χ0n) is 6.12. The maximum absolute atomic E-state index is 10.8. The van der Waals surface area contributed by atoms with Crippen LogP contribution in [0.3, 0.4) is 0 Å². The molecule has 0 atom stereocenters. The first-order chi connectivity index (χ1) is 4.99. The SMILES string of the molecule is CC(=O)NS(=O)(=O)NC1CC1. The molecular formula is C5H10N2O3S. The summed E-state index contributed by atoms with van der Waals surface area (Å²) in [5.74, 6) is -0.571. The topological polar surface area (TPSA) is 75.3 Å². The van der Waals surface area contributed by atoms with Gasteiger partial charge in [-0.15, -0.1) is 0 Å². The molecule has 0 aromatic rings. The zero-order valence-corrected chi connectivity index (χ0v) is 6.94. The van der Waals surface area contributed by atoms with Gasteiger partial charge in [-0.2, -0.15) is 13.1 Å². The molecule has 6 heteroatoms. The normalized spacial score (nSPS) is 17.9. The Labute approximate surface area is 65.4 Å². The van der Waals surface area contributed by atoms with E-state index in [1.54, 1.807) is 0 Å². The van der Waals surface area contributed by atoms with Crippen molar-refractivity contribution in [3.05, 3.63) is 0 Å². The number of rotatable bonds is 3. The summed E-state index contributed by atoms with van der Waals surface area (Å²) < 4.78 is 25.8. The lowest BCUT2D eigenvalue weighted by Crippen LogP contribution is -2.40. The Morgan fingerprint density at radius 1 is 1.45 bits per heavy atom. The van der Waals surface area contributed by atoms with Gasteiger partial charge in [-0.3, -0.25) is 4.79 Å². The summed E-state index contributed by atoms with van der Waals surface area (Å²) in [5, 5.41) is 0. The molecule has 1 rings (SSSR count). The lowest BCUT2D eigenvalue weighted by molar-refractivity contribution is -0.117. The molecule has 0 saturated heterocycles. The molecule has 64 valence electrons. The second-order valence-corrected chi connectivity index (χ2v) is 4.00. The number of carbonyl (C=O) groups excluding carboxylic acids is 1. The minimum Gasteiger partial charge on any atom is -0.274 e. The summed E-state index contributed by atoms with van der Waals surface area (Å²) in [5.41, 5.74) is 0. The molecule has 0 heterocycles. The van der Waals surface area contributed by atoms with Crippen LogP contribution in [-0.2, 0) is 15.0 Å². The van der Waals surface area contributed by atoms with Crippen LogP contribution in [0, 0.1) is 0 Å². The third kappa shape index (κ3) is 3.33. The standard InChI is InChI=1S/C5H10N2O3S/c1-4(8)6-11(9,10)7-5-2-3-5/h5,7H,2-3H2,1H3,(H,6,8). The third-order valence-corrected chi connectivity index (χ3v) is 2.38. The molecule has 0 unspecified atom stereocenters. The van der Waals surface area contributed by atoms with Crippen molar-refractivity contribution in [1.29, 1.82) is 0 Å². The molecule has 5 nitrogen and oxygen atoms in total. The largest absolute Gasteiger partial charge is 0.301 e. The van der Waals surface area contributed by atoms with Crippen LogP contribution in [0.15, 0.2) is 0 Å². The minimum absolute atomic E-state index is 0.0341. The van der Waals surface area contributed by atoms with Crippen LogP contribution in [0.25, 0.3) is 0 Å². The monoisotopic (exact) mass is 178 g/mol. The van der Waals surface area contributed by atoms with E-state index in [9.17, 15) is 13.2 Å². The summed E-state index contributed by atoms with van der Waals surface area (Å²) >= 11 is 0. The number of hydrogen-bond acceptors (Lipinski definition) is 3. The quantitative estimate of drug-likeness (QED) is 0.589. The summed E-state index contributed by atoms with van der Waals surface area (Å²) in [6, 6.07) is 0.0341. The molecule has 0 aromatic heterocycles. The Hall–Kier alpha value is -0.620. The van der Waals surface area contributed by atoms with Crippen molar-refractivity contribution in [2.45, 2.75) is 25.8 Å². The van der Waals surface area contributed by atoms with Crippen LogP contribution in [0.1, 0.15) is 19.8 Å². The minimum atomic E-state index is -3.57. The molecule has 0 aliphatic heterocycles. The Morgan fingerprint density at radius 2 is 2.00 bits per heavy atom. The van der Waals surface area contributed by atoms with Gasteiger partial charge in [-0.25, -0.2) is 4.72 Å². The highest BCUT2D eigenvalue weighted by atomic mass is 32.2. The number of amides is 1. The van der Waals surface area contributed by atoms with Crippen molar-refractivity contribution in [3.8, 4) is 0 Å². The summed E-state index contributed by atoms with van der Waals surface area (Å²) in [7, 11) is -3.57. The second kappa shape index (κ2) is 2.78. The van der Waals surface area contributed by atoms with Gasteiger partial charge < -0.3 is 0 Å². The third-order valence-electron chi connectivity index (χ3n) is 1.18. The van der Waals surface area contributed by atoms with Gasteiger partial charge in [0.25, 0.3) is 0 Å². The van der Waals surface area contributed by atoms with Gasteiger partial charge in [0.2, 0.25) is 5.91 Å². The van der Waals surface area contributed by atoms with Gasteiger partial charge in [0.05, 0.1) is 0 Å². The lowest BCUT2D eigenvalue weighted by Gasteiger charge is -2.03. The Morgan fingerprint density at radius 3 is 2.36 bits per heavy atom. The number of hydrogen-bond donors (Lipinski definition) is 2. The van der Waals surface area contributed by atoms with Crippen LogP contribution in [0.2, 0.25) is 0 Å². The molecule has 1 amide bonds. The van der Waals surface area contributed by atoms with E-state index in [0.29, 0.717) is 0 Å². The number of nitrogens with one attached hydrogen (secondary N) is 2. The molecule has 0 radical (unpaired) electrons. The van der Waals surface area contributed by atoms with Gasteiger partial charge in [-0.05, 0) is 12.8 Å². The highest BCUT2D eigenvalue weighted by Gasteiger charge is 2.26. The van der Waals surface area contributed by atoms with E-state index in [-0.39, 0.29) is 6.04 Å². The highest BCUT2D eigenvalue weighted by Crippen LogP contribution is 2.19. The fourth-order valence-corrected chi connectivity index (χ4v) is 1.75. The first-order valence-electron chi connectivity index (χ1n) is 3.30. The summed E-state index contributed by atoms with van der Waals surface area (Å²) in [4.78, 5) is 10.3. The van der Waals surface area contributed by atoms with Gasteiger partial charge in [0, 0.05) is 13.0 Å². The van der Waals surface area contributed by atoms with Crippen molar-refractivity contribution in [1.82, 2.24) is 9.44 Å². The maximum Gasteiger partial charge on any atom is 0.301 e. The van der Waals surface area contributed by atoms with Crippen molar-refractivity contribution >= 4 is 16.1 Å². The van der Waals surface area contributed by atoms with Crippen molar-refractivity contribution in [2.75, 3.05) is 0 Å². The molecule has 1 fully saturated rings. The van der Waals surface area contributed by atoms with Gasteiger partial charge in [0.1, 0.15) is 0 Å². The Balaban J connectivity index is 2.44. The van der Waals surface area contributed by atoms with Gasteiger partial charge in [-0.1, -0.05) is 0 Å². The van der Waals surface area contributed by atoms with E-state index in [1.807, 2.05) is 4.72 Å². The molecule has 1 saturated carbocycles. The van der Waals surface area contributed by atoms with Crippen LogP contribution in [-0.4, -0.2) is 20.4 Å². The predicted molar refractivity (Wildman–Crippen MR) is 38.9 cm³/mol.